The fraction of sp³-hybridized carbons (Fsp3) is 0.333. The zero-order chi connectivity index (χ0) is 19.5. The topological polar surface area (TPSA) is 62.6 Å². The summed E-state index contributed by atoms with van der Waals surface area (Å²) in [5.74, 6) is 1.66. The van der Waals surface area contributed by atoms with Gasteiger partial charge in [0.2, 0.25) is 0 Å². The third-order valence-electron chi connectivity index (χ3n) is 4.60. The maximum absolute atomic E-state index is 12.5. The van der Waals surface area contributed by atoms with E-state index in [4.69, 9.17) is 25.8 Å². The van der Waals surface area contributed by atoms with Gasteiger partial charge in [0.05, 0.1) is 29.3 Å². The summed E-state index contributed by atoms with van der Waals surface area (Å²) in [5.41, 5.74) is 2.56. The first kappa shape index (κ1) is 18.6. The highest BCUT2D eigenvalue weighted by atomic mass is 35.5. The Morgan fingerprint density at radius 2 is 2.07 bits per heavy atom. The number of carbonyl (C=O) groups is 1. The molecule has 28 heavy (non-hydrogen) atoms. The van der Waals surface area contributed by atoms with E-state index in [2.05, 4.69) is 4.98 Å². The van der Waals surface area contributed by atoms with Crippen LogP contribution in [0.15, 0.2) is 36.4 Å². The molecular formula is C21H21ClN2O4. The van der Waals surface area contributed by atoms with Gasteiger partial charge in [0.25, 0.3) is 0 Å². The molecule has 0 fully saturated rings. The molecule has 7 heteroatoms. The smallest absolute Gasteiger partial charge is 0.326 e. The van der Waals surface area contributed by atoms with E-state index in [1.54, 1.807) is 6.07 Å². The summed E-state index contributed by atoms with van der Waals surface area (Å²) in [6.45, 7) is 3.38. The van der Waals surface area contributed by atoms with E-state index in [0.29, 0.717) is 29.7 Å². The van der Waals surface area contributed by atoms with Crippen molar-refractivity contribution in [2.24, 2.45) is 0 Å². The van der Waals surface area contributed by atoms with Gasteiger partial charge in [0, 0.05) is 12.8 Å². The highest BCUT2D eigenvalue weighted by molar-refractivity contribution is 6.32. The van der Waals surface area contributed by atoms with E-state index >= 15 is 0 Å². The first-order chi connectivity index (χ1) is 13.7. The molecule has 3 aromatic rings. The lowest BCUT2D eigenvalue weighted by Gasteiger charge is -2.12. The number of ether oxygens (including phenoxy) is 3. The normalized spacial score (nSPS) is 13.4. The van der Waals surface area contributed by atoms with Crippen molar-refractivity contribution in [3.05, 3.63) is 52.8 Å². The number of para-hydroxylation sites is 2. The molecule has 0 atom stereocenters. The van der Waals surface area contributed by atoms with Gasteiger partial charge in [0.1, 0.15) is 19.0 Å². The van der Waals surface area contributed by atoms with Crippen LogP contribution in [0.1, 0.15) is 24.7 Å². The minimum Gasteiger partial charge on any atom is -0.489 e. The molecule has 0 amide bonds. The molecule has 0 unspecified atom stereocenters. The van der Waals surface area contributed by atoms with Crippen LogP contribution in [0.25, 0.3) is 11.0 Å². The number of fused-ring (bicyclic) bond motifs is 2. The molecule has 6 nitrogen and oxygen atoms in total. The Hall–Kier alpha value is -2.73. The quantitative estimate of drug-likeness (QED) is 0.602. The predicted molar refractivity (Wildman–Crippen MR) is 106 cm³/mol. The van der Waals surface area contributed by atoms with Crippen molar-refractivity contribution in [1.82, 2.24) is 9.55 Å². The molecule has 2 heterocycles. The lowest BCUT2D eigenvalue weighted by atomic mass is 10.2. The second-order valence-corrected chi connectivity index (χ2v) is 6.98. The molecule has 0 spiro atoms. The Morgan fingerprint density at radius 1 is 1.25 bits per heavy atom. The Kier molecular flexibility index (Phi) is 5.39. The van der Waals surface area contributed by atoms with Gasteiger partial charge >= 0.3 is 5.97 Å². The van der Waals surface area contributed by atoms with E-state index in [0.717, 1.165) is 35.3 Å². The Balaban J connectivity index is 1.47. The number of aromatic nitrogens is 2. The van der Waals surface area contributed by atoms with Gasteiger partial charge in [0.15, 0.2) is 11.5 Å². The number of benzene rings is 2. The molecule has 1 aliphatic rings. The lowest BCUT2D eigenvalue weighted by Crippen LogP contribution is -2.15. The van der Waals surface area contributed by atoms with Crippen LogP contribution in [0.3, 0.4) is 0 Å². The van der Waals surface area contributed by atoms with Gasteiger partial charge in [-0.25, -0.2) is 4.98 Å². The van der Waals surface area contributed by atoms with Crippen LogP contribution in [0.4, 0.5) is 0 Å². The minimum atomic E-state index is -0.332. The van der Waals surface area contributed by atoms with Crippen LogP contribution in [0.2, 0.25) is 5.02 Å². The third kappa shape index (κ3) is 3.78. The van der Waals surface area contributed by atoms with Crippen molar-refractivity contribution in [1.29, 1.82) is 0 Å². The van der Waals surface area contributed by atoms with Crippen molar-refractivity contribution >= 4 is 28.6 Å². The average molecular weight is 401 g/mol. The summed E-state index contributed by atoms with van der Waals surface area (Å²) in [5, 5.41) is 0.458. The van der Waals surface area contributed by atoms with Crippen LogP contribution in [-0.4, -0.2) is 28.7 Å². The molecule has 1 aliphatic heterocycles. The molecule has 1 aromatic heterocycles. The molecule has 146 valence electrons. The molecular weight excluding hydrogens is 380 g/mol. The van der Waals surface area contributed by atoms with Crippen molar-refractivity contribution in [3.8, 4) is 11.5 Å². The number of imidazole rings is 1. The average Bonchev–Trinajstić information content (AvgIpc) is 2.87. The largest absolute Gasteiger partial charge is 0.489 e. The summed E-state index contributed by atoms with van der Waals surface area (Å²) in [7, 11) is 0. The second kappa shape index (κ2) is 8.10. The van der Waals surface area contributed by atoms with Crippen molar-refractivity contribution in [2.45, 2.75) is 32.9 Å². The monoisotopic (exact) mass is 400 g/mol. The van der Waals surface area contributed by atoms with E-state index in [1.165, 1.54) is 0 Å². The fourth-order valence-corrected chi connectivity index (χ4v) is 3.57. The number of carbonyl (C=O) groups excluding carboxylic acids is 1. The van der Waals surface area contributed by atoms with Gasteiger partial charge < -0.3 is 18.8 Å². The maximum Gasteiger partial charge on any atom is 0.326 e. The summed E-state index contributed by atoms with van der Waals surface area (Å²) in [4.78, 5) is 17.0. The molecule has 0 radical (unpaired) electrons. The molecule has 0 N–H and O–H groups in total. The zero-order valence-corrected chi connectivity index (χ0v) is 16.4. The Morgan fingerprint density at radius 3 is 2.93 bits per heavy atom. The first-order valence-corrected chi connectivity index (χ1v) is 9.71. The highest BCUT2D eigenvalue weighted by Gasteiger charge is 2.17. The summed E-state index contributed by atoms with van der Waals surface area (Å²) in [6, 6.07) is 11.3. The van der Waals surface area contributed by atoms with Gasteiger partial charge in [-0.1, -0.05) is 30.7 Å². The molecule has 0 saturated heterocycles. The van der Waals surface area contributed by atoms with Gasteiger partial charge in [-0.15, -0.1) is 0 Å². The highest BCUT2D eigenvalue weighted by Crippen LogP contribution is 2.38. The van der Waals surface area contributed by atoms with Crippen molar-refractivity contribution in [2.75, 3.05) is 13.2 Å². The number of nitrogens with zero attached hydrogens (tertiary/aromatic N) is 2. The fourth-order valence-electron chi connectivity index (χ4n) is 3.28. The van der Waals surface area contributed by atoms with Gasteiger partial charge in [-0.05, 0) is 29.8 Å². The Labute approximate surface area is 168 Å². The molecule has 4 rings (SSSR count). The van der Waals surface area contributed by atoms with Crippen LogP contribution < -0.4 is 9.47 Å². The Bertz CT molecular complexity index is 1020. The van der Waals surface area contributed by atoms with E-state index < -0.39 is 0 Å². The summed E-state index contributed by atoms with van der Waals surface area (Å²) in [6.07, 6.45) is 1.54. The van der Waals surface area contributed by atoms with Crippen LogP contribution in [0.5, 0.6) is 11.5 Å². The van der Waals surface area contributed by atoms with E-state index in [1.807, 2.05) is 41.8 Å². The maximum atomic E-state index is 12.5. The predicted octanol–water partition coefficient (Wildman–Crippen LogP) is 4.16. The second-order valence-electron chi connectivity index (χ2n) is 6.57. The lowest BCUT2D eigenvalue weighted by molar-refractivity contribution is -0.145. The summed E-state index contributed by atoms with van der Waals surface area (Å²) >= 11 is 6.30. The number of halogens is 1. The number of esters is 1. The first-order valence-electron chi connectivity index (χ1n) is 9.33. The van der Waals surface area contributed by atoms with E-state index in [-0.39, 0.29) is 19.1 Å². The SMILES string of the molecule is CCc1nc2ccccc2n1CC(=O)OCc1cc(Cl)c2c(c1)OCCCO2. The molecule has 2 aromatic carbocycles. The van der Waals surface area contributed by atoms with Crippen LogP contribution in [-0.2, 0) is 29.1 Å². The molecule has 0 saturated carbocycles. The van der Waals surface area contributed by atoms with Crippen molar-refractivity contribution in [3.63, 3.8) is 0 Å². The number of hydrogen-bond donors (Lipinski definition) is 0. The summed E-state index contributed by atoms with van der Waals surface area (Å²) < 4.78 is 18.7. The number of hydrogen-bond acceptors (Lipinski definition) is 5. The van der Waals surface area contributed by atoms with Crippen molar-refractivity contribution < 1.29 is 19.0 Å². The van der Waals surface area contributed by atoms with E-state index in [9.17, 15) is 4.79 Å². The molecule has 0 bridgehead atoms. The third-order valence-corrected chi connectivity index (χ3v) is 4.88. The zero-order valence-electron chi connectivity index (χ0n) is 15.6. The van der Waals surface area contributed by atoms with Crippen LogP contribution >= 0.6 is 11.6 Å². The van der Waals surface area contributed by atoms with Gasteiger partial charge in [-0.2, -0.15) is 0 Å². The van der Waals surface area contributed by atoms with Gasteiger partial charge in [-0.3, -0.25) is 4.79 Å². The minimum absolute atomic E-state index is 0.113. The van der Waals surface area contributed by atoms with Crippen LogP contribution in [0, 0.1) is 0 Å². The standard InChI is InChI=1S/C21H21ClN2O4/c1-2-19-23-16-6-3-4-7-17(16)24(19)12-20(25)28-13-14-10-15(22)21-18(11-14)26-8-5-9-27-21/h3-4,6-7,10-11H,2,5,8-9,12-13H2,1H3. The number of aryl methyl sites for hydroxylation is 1. The number of rotatable bonds is 5. The molecule has 0 aliphatic carbocycles.